The number of carbonyl (C=O) groups excluding carboxylic acids is 2. The molecule has 0 saturated carbocycles. The van der Waals surface area contributed by atoms with Gasteiger partial charge in [-0.3, -0.25) is 20.1 Å². The number of amides is 3. The zero-order chi connectivity index (χ0) is 19.8. The monoisotopic (exact) mass is 377 g/mol. The quantitative estimate of drug-likeness (QED) is 0.524. The van der Waals surface area contributed by atoms with E-state index in [4.69, 9.17) is 0 Å². The maximum Gasteiger partial charge on any atom is 0.320 e. The highest BCUT2D eigenvalue weighted by molar-refractivity contribution is 6.08. The molecule has 3 heterocycles. The summed E-state index contributed by atoms with van der Waals surface area (Å²) in [6.45, 7) is 2.30. The Hall–Kier alpha value is -4.01. The highest BCUT2D eigenvalue weighted by Crippen LogP contribution is 2.24. The third-order valence-corrected chi connectivity index (χ3v) is 3.59. The molecule has 0 aliphatic heterocycles. The van der Waals surface area contributed by atoms with Gasteiger partial charge in [0.2, 0.25) is 0 Å². The van der Waals surface area contributed by atoms with Crippen LogP contribution in [0.4, 0.5) is 27.7 Å². The minimum absolute atomic E-state index is 0.300. The van der Waals surface area contributed by atoms with Crippen molar-refractivity contribution in [3.8, 4) is 0 Å². The number of urea groups is 1. The molecule has 3 aromatic rings. The van der Waals surface area contributed by atoms with Crippen molar-refractivity contribution in [1.29, 1.82) is 0 Å². The Morgan fingerprint density at radius 3 is 2.32 bits per heavy atom. The molecule has 3 amide bonds. The summed E-state index contributed by atoms with van der Waals surface area (Å²) in [6.07, 6.45) is 7.83. The molecule has 0 bridgehead atoms. The van der Waals surface area contributed by atoms with Gasteiger partial charge in [0.15, 0.2) is 0 Å². The zero-order valence-electron chi connectivity index (χ0n) is 15.1. The van der Waals surface area contributed by atoms with Gasteiger partial charge in [0.25, 0.3) is 5.91 Å². The molecule has 0 aromatic carbocycles. The van der Waals surface area contributed by atoms with Gasteiger partial charge in [0.05, 0.1) is 35.0 Å². The zero-order valence-corrected chi connectivity index (χ0v) is 15.1. The lowest BCUT2D eigenvalue weighted by molar-refractivity contribution is 0.102. The lowest BCUT2D eigenvalue weighted by atomic mass is 10.2. The van der Waals surface area contributed by atoms with Crippen LogP contribution < -0.4 is 21.3 Å². The van der Waals surface area contributed by atoms with Gasteiger partial charge in [-0.25, -0.2) is 9.78 Å². The maximum absolute atomic E-state index is 12.7. The highest BCUT2D eigenvalue weighted by atomic mass is 16.2. The van der Waals surface area contributed by atoms with E-state index in [2.05, 4.69) is 36.2 Å². The smallest absolute Gasteiger partial charge is 0.320 e. The number of hydrogen-bond acceptors (Lipinski definition) is 6. The third kappa shape index (κ3) is 5.01. The van der Waals surface area contributed by atoms with Gasteiger partial charge in [0.1, 0.15) is 5.82 Å². The van der Waals surface area contributed by atoms with Crippen LogP contribution in [0.25, 0.3) is 0 Å². The van der Waals surface area contributed by atoms with Crippen LogP contribution in [0.15, 0.2) is 61.3 Å². The largest absolute Gasteiger partial charge is 0.353 e. The molecular formula is C19H19N7O2. The van der Waals surface area contributed by atoms with Crippen LogP contribution in [-0.4, -0.2) is 33.4 Å². The molecule has 0 radical (unpaired) electrons. The Kier molecular flexibility index (Phi) is 6.09. The molecule has 0 saturated heterocycles. The van der Waals surface area contributed by atoms with Gasteiger partial charge in [-0.1, -0.05) is 0 Å². The lowest BCUT2D eigenvalue weighted by Gasteiger charge is -2.14. The summed E-state index contributed by atoms with van der Waals surface area (Å²) < 4.78 is 0. The number of nitrogens with zero attached hydrogens (tertiary/aromatic N) is 3. The Bertz CT molecular complexity index is 949. The highest BCUT2D eigenvalue weighted by Gasteiger charge is 2.15. The number of nitrogens with one attached hydrogen (secondary N) is 4. The first kappa shape index (κ1) is 18.8. The van der Waals surface area contributed by atoms with Crippen LogP contribution in [0.3, 0.4) is 0 Å². The molecule has 142 valence electrons. The second kappa shape index (κ2) is 9.08. The van der Waals surface area contributed by atoms with Gasteiger partial charge in [-0.2, -0.15) is 0 Å². The topological polar surface area (TPSA) is 121 Å². The predicted molar refractivity (Wildman–Crippen MR) is 107 cm³/mol. The van der Waals surface area contributed by atoms with Crippen molar-refractivity contribution in [3.05, 3.63) is 66.9 Å². The summed E-state index contributed by atoms with van der Waals surface area (Å²) >= 11 is 0. The lowest BCUT2D eigenvalue weighted by Crippen LogP contribution is -2.28. The second-order valence-corrected chi connectivity index (χ2v) is 5.66. The number of carbonyl (C=O) groups is 2. The molecule has 0 spiro atoms. The van der Waals surface area contributed by atoms with E-state index in [9.17, 15) is 9.59 Å². The van der Waals surface area contributed by atoms with E-state index in [-0.39, 0.29) is 11.9 Å². The molecule has 0 fully saturated rings. The summed E-state index contributed by atoms with van der Waals surface area (Å²) in [6, 6.07) is 8.25. The van der Waals surface area contributed by atoms with Gasteiger partial charge in [-0.05, 0) is 31.2 Å². The number of pyridine rings is 3. The first-order valence-corrected chi connectivity index (χ1v) is 8.59. The predicted octanol–water partition coefficient (Wildman–Crippen LogP) is 3.01. The molecule has 3 aromatic heterocycles. The molecule has 0 unspecified atom stereocenters. The third-order valence-electron chi connectivity index (χ3n) is 3.59. The van der Waals surface area contributed by atoms with Crippen LogP contribution in [0, 0.1) is 0 Å². The van der Waals surface area contributed by atoms with E-state index in [1.165, 1.54) is 6.20 Å². The van der Waals surface area contributed by atoms with Crippen molar-refractivity contribution in [1.82, 2.24) is 20.3 Å². The van der Waals surface area contributed by atoms with E-state index in [0.29, 0.717) is 35.0 Å². The average Bonchev–Trinajstić information content (AvgIpc) is 2.70. The van der Waals surface area contributed by atoms with Gasteiger partial charge >= 0.3 is 6.03 Å². The van der Waals surface area contributed by atoms with Crippen molar-refractivity contribution >= 4 is 34.8 Å². The fourth-order valence-corrected chi connectivity index (χ4v) is 2.36. The van der Waals surface area contributed by atoms with Crippen molar-refractivity contribution in [2.45, 2.75) is 6.92 Å². The van der Waals surface area contributed by atoms with Gasteiger partial charge < -0.3 is 16.0 Å². The number of aromatic nitrogens is 3. The first-order valence-electron chi connectivity index (χ1n) is 8.59. The standard InChI is InChI=1S/C19H19N7O2/c1-2-22-19(28)26-17-9-16(24-13-5-3-7-20-10-13)15(12-23-17)18(27)25-14-6-4-8-21-11-14/h3-12H,2H2,1H3,(H,25,27)(H3,22,23,24,26,28). The fraction of sp³-hybridized carbons (Fsp3) is 0.105. The SMILES string of the molecule is CCNC(=O)Nc1cc(Nc2cccnc2)c(C(=O)Nc2cccnc2)cn1. The summed E-state index contributed by atoms with van der Waals surface area (Å²) in [5, 5.41) is 11.2. The van der Waals surface area contributed by atoms with Crippen molar-refractivity contribution in [2.24, 2.45) is 0 Å². The van der Waals surface area contributed by atoms with Crippen LogP contribution in [0.1, 0.15) is 17.3 Å². The van der Waals surface area contributed by atoms with E-state index >= 15 is 0 Å². The molecule has 0 atom stereocenters. The van der Waals surface area contributed by atoms with Crippen LogP contribution in [0.5, 0.6) is 0 Å². The average molecular weight is 377 g/mol. The Labute approximate surface area is 161 Å². The van der Waals surface area contributed by atoms with Crippen LogP contribution in [0.2, 0.25) is 0 Å². The summed E-state index contributed by atoms with van der Waals surface area (Å²) in [5.41, 5.74) is 2.02. The summed E-state index contributed by atoms with van der Waals surface area (Å²) in [4.78, 5) is 36.7. The molecule has 0 aliphatic rings. The molecule has 3 rings (SSSR count). The Morgan fingerprint density at radius 2 is 1.68 bits per heavy atom. The number of hydrogen-bond donors (Lipinski definition) is 4. The normalized spacial score (nSPS) is 10.0. The molecule has 9 heteroatoms. The van der Waals surface area contributed by atoms with E-state index in [1.807, 2.05) is 13.0 Å². The first-order chi connectivity index (χ1) is 13.7. The van der Waals surface area contributed by atoms with Gasteiger partial charge in [-0.15, -0.1) is 0 Å². The molecule has 0 aliphatic carbocycles. The van der Waals surface area contributed by atoms with E-state index < -0.39 is 0 Å². The van der Waals surface area contributed by atoms with Crippen LogP contribution in [-0.2, 0) is 0 Å². The number of anilines is 4. The second-order valence-electron chi connectivity index (χ2n) is 5.66. The Morgan fingerprint density at radius 1 is 0.964 bits per heavy atom. The van der Waals surface area contributed by atoms with Crippen molar-refractivity contribution in [3.63, 3.8) is 0 Å². The molecule has 4 N–H and O–H groups in total. The fourth-order valence-electron chi connectivity index (χ4n) is 2.36. The molecule has 9 nitrogen and oxygen atoms in total. The summed E-state index contributed by atoms with van der Waals surface area (Å²) in [7, 11) is 0. The van der Waals surface area contributed by atoms with E-state index in [0.717, 1.165) is 0 Å². The Balaban J connectivity index is 1.88. The van der Waals surface area contributed by atoms with Crippen molar-refractivity contribution in [2.75, 3.05) is 22.5 Å². The minimum Gasteiger partial charge on any atom is -0.353 e. The van der Waals surface area contributed by atoms with Crippen molar-refractivity contribution < 1.29 is 9.59 Å². The maximum atomic E-state index is 12.7. The van der Waals surface area contributed by atoms with Crippen LogP contribution >= 0.6 is 0 Å². The van der Waals surface area contributed by atoms with Gasteiger partial charge in [0, 0.05) is 31.2 Å². The number of rotatable bonds is 6. The molecular weight excluding hydrogens is 358 g/mol. The van der Waals surface area contributed by atoms with E-state index in [1.54, 1.807) is 49.1 Å². The summed E-state index contributed by atoms with van der Waals surface area (Å²) in [5.74, 6) is -0.0632. The minimum atomic E-state index is -0.380. The molecule has 28 heavy (non-hydrogen) atoms.